The van der Waals surface area contributed by atoms with E-state index in [0.29, 0.717) is 35.0 Å². The summed E-state index contributed by atoms with van der Waals surface area (Å²) in [4.78, 5) is 2.19. The quantitative estimate of drug-likeness (QED) is 0.799. The third-order valence-corrected chi connectivity index (χ3v) is 3.90. The van der Waals surface area contributed by atoms with E-state index in [9.17, 15) is 0 Å². The maximum atomic E-state index is 6.41. The predicted octanol–water partition coefficient (Wildman–Crippen LogP) is 3.03. The summed E-state index contributed by atoms with van der Waals surface area (Å²) >= 11 is 6.41. The topological polar surface area (TPSA) is 33.7 Å². The van der Waals surface area contributed by atoms with Gasteiger partial charge in [-0.1, -0.05) is 31.5 Å². The van der Waals surface area contributed by atoms with Gasteiger partial charge in [-0.15, -0.1) is 0 Å². The van der Waals surface area contributed by atoms with E-state index in [4.69, 9.17) is 21.1 Å². The SMILES string of the molecule is COc1ccc(CNC(CN(C)C)C(C)C)c(Cl)c1OC. The van der Waals surface area contributed by atoms with Gasteiger partial charge in [-0.3, -0.25) is 0 Å². The van der Waals surface area contributed by atoms with Crippen LogP contribution < -0.4 is 14.8 Å². The number of likely N-dealkylation sites (N-methyl/N-ethyl adjacent to an activating group) is 1. The summed E-state index contributed by atoms with van der Waals surface area (Å²) in [6, 6.07) is 4.27. The molecule has 5 heteroatoms. The number of nitrogens with one attached hydrogen (secondary N) is 1. The maximum Gasteiger partial charge on any atom is 0.179 e. The Balaban J connectivity index is 2.83. The number of benzene rings is 1. The zero-order valence-corrected chi connectivity index (χ0v) is 14.6. The van der Waals surface area contributed by atoms with Crippen LogP contribution in [0.1, 0.15) is 19.4 Å². The van der Waals surface area contributed by atoms with Crippen molar-refractivity contribution in [1.82, 2.24) is 10.2 Å². The van der Waals surface area contributed by atoms with Crippen molar-refractivity contribution in [3.63, 3.8) is 0 Å². The third-order valence-electron chi connectivity index (χ3n) is 3.49. The number of hydrogen-bond acceptors (Lipinski definition) is 4. The molecule has 0 aliphatic heterocycles. The Hall–Kier alpha value is -0.970. The highest BCUT2D eigenvalue weighted by Gasteiger charge is 2.17. The molecule has 1 aromatic rings. The molecule has 1 unspecified atom stereocenters. The molecule has 1 atom stereocenters. The van der Waals surface area contributed by atoms with Crippen LogP contribution in [0.3, 0.4) is 0 Å². The summed E-state index contributed by atoms with van der Waals surface area (Å²) in [6.07, 6.45) is 0. The first-order valence-corrected chi connectivity index (χ1v) is 7.56. The number of hydrogen-bond donors (Lipinski definition) is 1. The van der Waals surface area contributed by atoms with Gasteiger partial charge in [-0.05, 0) is 31.6 Å². The Morgan fingerprint density at radius 2 is 1.86 bits per heavy atom. The molecule has 1 N–H and O–H groups in total. The van der Waals surface area contributed by atoms with Crippen molar-refractivity contribution in [2.75, 3.05) is 34.9 Å². The maximum absolute atomic E-state index is 6.41. The highest BCUT2D eigenvalue weighted by molar-refractivity contribution is 6.33. The van der Waals surface area contributed by atoms with E-state index >= 15 is 0 Å². The summed E-state index contributed by atoms with van der Waals surface area (Å²) in [6.45, 7) is 6.13. The average Bonchev–Trinajstić information content (AvgIpc) is 2.43. The molecule has 4 nitrogen and oxygen atoms in total. The van der Waals surface area contributed by atoms with Crippen LogP contribution in [-0.2, 0) is 6.54 Å². The molecule has 0 radical (unpaired) electrons. The molecule has 0 saturated carbocycles. The summed E-state index contributed by atoms with van der Waals surface area (Å²) in [7, 11) is 7.38. The average molecular weight is 315 g/mol. The molecule has 120 valence electrons. The Morgan fingerprint density at radius 3 is 2.33 bits per heavy atom. The lowest BCUT2D eigenvalue weighted by atomic mass is 10.0. The lowest BCUT2D eigenvalue weighted by molar-refractivity contribution is 0.288. The van der Waals surface area contributed by atoms with E-state index in [0.717, 1.165) is 12.1 Å². The zero-order chi connectivity index (χ0) is 16.0. The fourth-order valence-corrected chi connectivity index (χ4v) is 2.51. The Labute approximate surface area is 133 Å². The van der Waals surface area contributed by atoms with E-state index < -0.39 is 0 Å². The summed E-state index contributed by atoms with van der Waals surface area (Å²) in [5, 5.41) is 4.18. The van der Waals surface area contributed by atoms with E-state index in [2.05, 4.69) is 38.2 Å². The minimum absolute atomic E-state index is 0.407. The van der Waals surface area contributed by atoms with Crippen molar-refractivity contribution in [3.8, 4) is 11.5 Å². The van der Waals surface area contributed by atoms with Crippen molar-refractivity contribution in [1.29, 1.82) is 0 Å². The number of nitrogens with zero attached hydrogens (tertiary/aromatic N) is 1. The van der Waals surface area contributed by atoms with Crippen LogP contribution in [0.5, 0.6) is 11.5 Å². The molecule has 0 spiro atoms. The fourth-order valence-electron chi connectivity index (χ4n) is 2.21. The Morgan fingerprint density at radius 1 is 1.19 bits per heavy atom. The van der Waals surface area contributed by atoms with E-state index in [1.54, 1.807) is 14.2 Å². The molecular weight excluding hydrogens is 288 g/mol. The number of methoxy groups -OCH3 is 2. The van der Waals surface area contributed by atoms with E-state index in [1.807, 2.05) is 12.1 Å². The summed E-state index contributed by atoms with van der Waals surface area (Å²) in [5.41, 5.74) is 1.01. The first kappa shape index (κ1) is 18.1. The fraction of sp³-hybridized carbons (Fsp3) is 0.625. The number of rotatable bonds is 8. The molecule has 0 saturated heterocycles. The van der Waals surface area contributed by atoms with Gasteiger partial charge >= 0.3 is 0 Å². The van der Waals surface area contributed by atoms with Gasteiger partial charge in [-0.2, -0.15) is 0 Å². The highest BCUT2D eigenvalue weighted by atomic mass is 35.5. The monoisotopic (exact) mass is 314 g/mol. The van der Waals surface area contributed by atoms with Crippen LogP contribution in [0, 0.1) is 5.92 Å². The molecule has 0 bridgehead atoms. The normalized spacial score (nSPS) is 12.8. The van der Waals surface area contributed by atoms with Gasteiger partial charge in [-0.25, -0.2) is 0 Å². The smallest absolute Gasteiger partial charge is 0.179 e. The van der Waals surface area contributed by atoms with E-state index in [-0.39, 0.29) is 0 Å². The van der Waals surface area contributed by atoms with Gasteiger partial charge in [0.25, 0.3) is 0 Å². The zero-order valence-electron chi connectivity index (χ0n) is 13.9. The second-order valence-electron chi connectivity index (χ2n) is 5.77. The standard InChI is InChI=1S/C16H27ClN2O2/c1-11(2)13(10-19(3)4)18-9-12-7-8-14(20-5)16(21-6)15(12)17/h7-8,11,13,18H,9-10H2,1-6H3. The van der Waals surface area contributed by atoms with Gasteiger partial charge in [0.1, 0.15) is 0 Å². The number of ether oxygens (including phenoxy) is 2. The molecule has 1 aromatic carbocycles. The summed E-state index contributed by atoms with van der Waals surface area (Å²) < 4.78 is 10.6. The molecule has 21 heavy (non-hydrogen) atoms. The van der Waals surface area contributed by atoms with Crippen LogP contribution in [-0.4, -0.2) is 45.8 Å². The second kappa shape index (κ2) is 8.47. The first-order chi connectivity index (χ1) is 9.90. The third kappa shape index (κ3) is 5.06. The summed E-state index contributed by atoms with van der Waals surface area (Å²) in [5.74, 6) is 1.79. The molecular formula is C16H27ClN2O2. The molecule has 0 heterocycles. The lowest BCUT2D eigenvalue weighted by Gasteiger charge is -2.26. The number of halogens is 1. The van der Waals surface area contributed by atoms with E-state index in [1.165, 1.54) is 0 Å². The van der Waals surface area contributed by atoms with Crippen LogP contribution >= 0.6 is 11.6 Å². The largest absolute Gasteiger partial charge is 0.493 e. The van der Waals surface area contributed by atoms with Crippen molar-refractivity contribution in [3.05, 3.63) is 22.7 Å². The molecule has 0 aliphatic carbocycles. The van der Waals surface area contributed by atoms with Crippen LogP contribution in [0.25, 0.3) is 0 Å². The molecule has 0 amide bonds. The van der Waals surface area contributed by atoms with Crippen molar-refractivity contribution < 1.29 is 9.47 Å². The molecule has 0 aromatic heterocycles. The molecule has 1 rings (SSSR count). The van der Waals surface area contributed by atoms with Gasteiger partial charge < -0.3 is 19.7 Å². The minimum Gasteiger partial charge on any atom is -0.493 e. The van der Waals surface area contributed by atoms with Gasteiger partial charge in [0.05, 0.1) is 19.2 Å². The van der Waals surface area contributed by atoms with Crippen LogP contribution in [0.2, 0.25) is 5.02 Å². The van der Waals surface area contributed by atoms with Crippen molar-refractivity contribution >= 4 is 11.6 Å². The Kier molecular flexibility index (Phi) is 7.29. The van der Waals surface area contributed by atoms with Crippen LogP contribution in [0.15, 0.2) is 12.1 Å². The van der Waals surface area contributed by atoms with Gasteiger partial charge in [0.2, 0.25) is 0 Å². The minimum atomic E-state index is 0.407. The molecule has 0 fully saturated rings. The predicted molar refractivity (Wildman–Crippen MR) is 88.6 cm³/mol. The highest BCUT2D eigenvalue weighted by Crippen LogP contribution is 2.37. The molecule has 0 aliphatic rings. The van der Waals surface area contributed by atoms with Crippen LogP contribution in [0.4, 0.5) is 0 Å². The second-order valence-corrected chi connectivity index (χ2v) is 6.15. The Bertz CT molecular complexity index is 450. The lowest BCUT2D eigenvalue weighted by Crippen LogP contribution is -2.41. The first-order valence-electron chi connectivity index (χ1n) is 7.18. The van der Waals surface area contributed by atoms with Gasteiger partial charge in [0.15, 0.2) is 11.5 Å². The van der Waals surface area contributed by atoms with Crippen molar-refractivity contribution in [2.24, 2.45) is 5.92 Å². The van der Waals surface area contributed by atoms with Gasteiger partial charge in [0, 0.05) is 19.1 Å². The van der Waals surface area contributed by atoms with Crippen molar-refractivity contribution in [2.45, 2.75) is 26.4 Å².